The molecule has 0 fully saturated rings. The topological polar surface area (TPSA) is 55.6 Å². The molecule has 0 aromatic carbocycles. The van der Waals surface area contributed by atoms with Crippen molar-refractivity contribution in [1.82, 2.24) is 20.0 Å². The molecule has 0 atom stereocenters. The number of hydrogen-bond acceptors (Lipinski definition) is 4. The zero-order valence-electron chi connectivity index (χ0n) is 9.46. The normalized spacial score (nSPS) is 10.7. The summed E-state index contributed by atoms with van der Waals surface area (Å²) in [5, 5.41) is 11.1. The largest absolute Gasteiger partial charge is 0.382 e. The van der Waals surface area contributed by atoms with E-state index in [9.17, 15) is 0 Å². The van der Waals surface area contributed by atoms with Crippen molar-refractivity contribution in [2.24, 2.45) is 5.92 Å². The second kappa shape index (κ2) is 4.74. The molecule has 0 amide bonds. The van der Waals surface area contributed by atoms with Crippen LogP contribution in [0.2, 0.25) is 0 Å². The second-order valence-electron chi connectivity index (χ2n) is 4.02. The molecule has 0 saturated carbocycles. The van der Waals surface area contributed by atoms with Crippen molar-refractivity contribution < 1.29 is 0 Å². The summed E-state index contributed by atoms with van der Waals surface area (Å²) in [6.07, 6.45) is 7.03. The third kappa shape index (κ3) is 2.36. The Morgan fingerprint density at radius 1 is 1.38 bits per heavy atom. The van der Waals surface area contributed by atoms with Crippen LogP contribution in [0, 0.1) is 5.92 Å². The molecular formula is C11H15N5. The van der Waals surface area contributed by atoms with Crippen LogP contribution < -0.4 is 5.32 Å². The number of nitrogens with one attached hydrogen (secondary N) is 1. The molecule has 0 aliphatic carbocycles. The van der Waals surface area contributed by atoms with E-state index in [1.807, 2.05) is 12.3 Å². The molecule has 0 aliphatic heterocycles. The van der Waals surface area contributed by atoms with E-state index in [0.29, 0.717) is 5.92 Å². The molecule has 16 heavy (non-hydrogen) atoms. The molecule has 0 radical (unpaired) electrons. The number of pyridine rings is 1. The van der Waals surface area contributed by atoms with Crippen LogP contribution in [-0.4, -0.2) is 26.5 Å². The van der Waals surface area contributed by atoms with E-state index in [0.717, 1.165) is 17.9 Å². The Balaban J connectivity index is 2.24. The van der Waals surface area contributed by atoms with Gasteiger partial charge in [0.15, 0.2) is 0 Å². The number of hydrogen-bond donors (Lipinski definition) is 1. The lowest BCUT2D eigenvalue weighted by atomic mass is 10.2. The fraction of sp³-hybridized carbons (Fsp3) is 0.364. The SMILES string of the molecule is CC(C)CNc1cnccc1-n1ccnn1. The first-order valence-electron chi connectivity index (χ1n) is 5.32. The highest BCUT2D eigenvalue weighted by molar-refractivity contribution is 5.58. The number of rotatable bonds is 4. The summed E-state index contributed by atoms with van der Waals surface area (Å²) < 4.78 is 1.73. The van der Waals surface area contributed by atoms with Gasteiger partial charge in [0.2, 0.25) is 0 Å². The van der Waals surface area contributed by atoms with Gasteiger partial charge in [0.05, 0.1) is 30.0 Å². The van der Waals surface area contributed by atoms with Crippen LogP contribution in [0.3, 0.4) is 0 Å². The molecule has 2 heterocycles. The Hall–Kier alpha value is -1.91. The van der Waals surface area contributed by atoms with Crippen molar-refractivity contribution in [2.45, 2.75) is 13.8 Å². The third-order valence-corrected chi connectivity index (χ3v) is 2.17. The molecule has 0 saturated heterocycles. The van der Waals surface area contributed by atoms with Crippen LogP contribution in [0.5, 0.6) is 0 Å². The molecule has 1 N–H and O–H groups in total. The van der Waals surface area contributed by atoms with Gasteiger partial charge in [-0.1, -0.05) is 19.1 Å². The van der Waals surface area contributed by atoms with Crippen molar-refractivity contribution in [1.29, 1.82) is 0 Å². The van der Waals surface area contributed by atoms with Crippen LogP contribution in [-0.2, 0) is 0 Å². The van der Waals surface area contributed by atoms with Gasteiger partial charge < -0.3 is 5.32 Å². The van der Waals surface area contributed by atoms with E-state index in [4.69, 9.17) is 0 Å². The Bertz CT molecular complexity index is 435. The summed E-state index contributed by atoms with van der Waals surface area (Å²) in [4.78, 5) is 4.11. The van der Waals surface area contributed by atoms with Gasteiger partial charge in [-0.3, -0.25) is 4.98 Å². The average Bonchev–Trinajstić information content (AvgIpc) is 2.80. The van der Waals surface area contributed by atoms with Crippen molar-refractivity contribution >= 4 is 5.69 Å². The second-order valence-corrected chi connectivity index (χ2v) is 4.02. The Kier molecular flexibility index (Phi) is 3.14. The van der Waals surface area contributed by atoms with Crippen LogP contribution in [0.1, 0.15) is 13.8 Å². The summed E-state index contributed by atoms with van der Waals surface area (Å²) in [5.41, 5.74) is 1.94. The van der Waals surface area contributed by atoms with E-state index >= 15 is 0 Å². The summed E-state index contributed by atoms with van der Waals surface area (Å²) in [6, 6.07) is 1.91. The minimum atomic E-state index is 0.587. The molecule has 5 heteroatoms. The van der Waals surface area contributed by atoms with Crippen LogP contribution in [0.4, 0.5) is 5.69 Å². The van der Waals surface area contributed by atoms with E-state index < -0.39 is 0 Å². The van der Waals surface area contributed by atoms with Gasteiger partial charge in [-0.2, -0.15) is 0 Å². The zero-order valence-corrected chi connectivity index (χ0v) is 9.46. The fourth-order valence-corrected chi connectivity index (χ4v) is 1.37. The first kappa shape index (κ1) is 10.6. The highest BCUT2D eigenvalue weighted by Gasteiger charge is 2.05. The van der Waals surface area contributed by atoms with Gasteiger partial charge in [-0.25, -0.2) is 4.68 Å². The van der Waals surface area contributed by atoms with Gasteiger partial charge in [-0.15, -0.1) is 5.10 Å². The van der Waals surface area contributed by atoms with Crippen LogP contribution >= 0.6 is 0 Å². The fourth-order valence-electron chi connectivity index (χ4n) is 1.37. The van der Waals surface area contributed by atoms with Crippen molar-refractivity contribution in [2.75, 3.05) is 11.9 Å². The number of aromatic nitrogens is 4. The molecule has 0 spiro atoms. The minimum absolute atomic E-state index is 0.587. The molecule has 84 valence electrons. The standard InChI is InChI=1S/C11H15N5/c1-9(2)7-13-10-8-12-4-3-11(10)16-6-5-14-15-16/h3-6,8-9,13H,7H2,1-2H3. The first-order valence-corrected chi connectivity index (χ1v) is 5.32. The number of nitrogens with zero attached hydrogens (tertiary/aromatic N) is 4. The smallest absolute Gasteiger partial charge is 0.0925 e. The van der Waals surface area contributed by atoms with E-state index in [1.54, 1.807) is 23.3 Å². The Labute approximate surface area is 94.5 Å². The van der Waals surface area contributed by atoms with E-state index in [1.165, 1.54) is 0 Å². The first-order chi connectivity index (χ1) is 7.77. The lowest BCUT2D eigenvalue weighted by molar-refractivity contribution is 0.687. The highest BCUT2D eigenvalue weighted by Crippen LogP contribution is 2.17. The minimum Gasteiger partial charge on any atom is -0.382 e. The maximum atomic E-state index is 4.11. The van der Waals surface area contributed by atoms with Crippen LogP contribution in [0.15, 0.2) is 30.9 Å². The van der Waals surface area contributed by atoms with Crippen molar-refractivity contribution in [3.05, 3.63) is 30.9 Å². The lowest BCUT2D eigenvalue weighted by Gasteiger charge is -2.12. The summed E-state index contributed by atoms with van der Waals surface area (Å²) >= 11 is 0. The monoisotopic (exact) mass is 217 g/mol. The molecule has 2 aromatic heterocycles. The van der Waals surface area contributed by atoms with Crippen molar-refractivity contribution in [3.63, 3.8) is 0 Å². The molecule has 2 aromatic rings. The van der Waals surface area contributed by atoms with E-state index in [2.05, 4.69) is 34.5 Å². The quantitative estimate of drug-likeness (QED) is 0.847. The molecule has 2 rings (SSSR count). The molecule has 0 aliphatic rings. The highest BCUT2D eigenvalue weighted by atomic mass is 15.4. The molecule has 0 bridgehead atoms. The van der Waals surface area contributed by atoms with Gasteiger partial charge in [0.25, 0.3) is 0 Å². The summed E-state index contributed by atoms with van der Waals surface area (Å²) in [5.74, 6) is 0.587. The van der Waals surface area contributed by atoms with Gasteiger partial charge >= 0.3 is 0 Å². The molecule has 0 unspecified atom stereocenters. The average molecular weight is 217 g/mol. The van der Waals surface area contributed by atoms with E-state index in [-0.39, 0.29) is 0 Å². The predicted octanol–water partition coefficient (Wildman–Crippen LogP) is 1.73. The third-order valence-electron chi connectivity index (χ3n) is 2.17. The maximum absolute atomic E-state index is 4.11. The molecule has 5 nitrogen and oxygen atoms in total. The van der Waals surface area contributed by atoms with Gasteiger partial charge in [0, 0.05) is 12.7 Å². The maximum Gasteiger partial charge on any atom is 0.0925 e. The zero-order chi connectivity index (χ0) is 11.4. The summed E-state index contributed by atoms with van der Waals surface area (Å²) in [6.45, 7) is 5.24. The number of anilines is 1. The predicted molar refractivity (Wildman–Crippen MR) is 62.5 cm³/mol. The van der Waals surface area contributed by atoms with Crippen molar-refractivity contribution in [3.8, 4) is 5.69 Å². The van der Waals surface area contributed by atoms with Gasteiger partial charge in [0.1, 0.15) is 0 Å². The lowest BCUT2D eigenvalue weighted by Crippen LogP contribution is -2.11. The Morgan fingerprint density at radius 2 is 2.25 bits per heavy atom. The van der Waals surface area contributed by atoms with Crippen LogP contribution in [0.25, 0.3) is 5.69 Å². The Morgan fingerprint density at radius 3 is 2.94 bits per heavy atom. The summed E-state index contributed by atoms with van der Waals surface area (Å²) in [7, 11) is 0. The molecular weight excluding hydrogens is 202 g/mol. The van der Waals surface area contributed by atoms with Gasteiger partial charge in [-0.05, 0) is 12.0 Å².